The Labute approximate surface area is 95.8 Å². The van der Waals surface area contributed by atoms with Gasteiger partial charge in [-0.05, 0) is 27.2 Å². The Morgan fingerprint density at radius 2 is 2.12 bits per heavy atom. The monoisotopic (exact) mass is 228 g/mol. The lowest BCUT2D eigenvalue weighted by Gasteiger charge is -2.36. The SMILES string of the molecule is CC(C)(C)OC(=O)N1[C@H]2CNC[C@H]1[C@@H](O)C2. The van der Waals surface area contributed by atoms with Gasteiger partial charge < -0.3 is 15.2 Å². The summed E-state index contributed by atoms with van der Waals surface area (Å²) in [5.74, 6) is 0. The number of piperazine rings is 1. The van der Waals surface area contributed by atoms with E-state index in [1.54, 1.807) is 4.90 Å². The van der Waals surface area contributed by atoms with E-state index in [1.165, 1.54) is 0 Å². The van der Waals surface area contributed by atoms with Crippen LogP contribution >= 0.6 is 0 Å². The van der Waals surface area contributed by atoms with Crippen molar-refractivity contribution in [3.05, 3.63) is 0 Å². The van der Waals surface area contributed by atoms with Crippen LogP contribution in [0.2, 0.25) is 0 Å². The number of nitrogens with one attached hydrogen (secondary N) is 1. The van der Waals surface area contributed by atoms with Gasteiger partial charge >= 0.3 is 6.09 Å². The van der Waals surface area contributed by atoms with Gasteiger partial charge in [-0.1, -0.05) is 0 Å². The van der Waals surface area contributed by atoms with Crippen molar-refractivity contribution in [2.75, 3.05) is 13.1 Å². The topological polar surface area (TPSA) is 61.8 Å². The molecule has 0 saturated carbocycles. The highest BCUT2D eigenvalue weighted by Gasteiger charge is 2.46. The molecule has 5 heteroatoms. The molecular formula is C11H20N2O3. The lowest BCUT2D eigenvalue weighted by Crippen LogP contribution is -2.56. The fourth-order valence-electron chi connectivity index (χ4n) is 2.42. The van der Waals surface area contributed by atoms with E-state index in [1.807, 2.05) is 20.8 Å². The first-order valence-electron chi connectivity index (χ1n) is 5.78. The first-order chi connectivity index (χ1) is 7.38. The number of rotatable bonds is 0. The number of nitrogens with zero attached hydrogens (tertiary/aromatic N) is 1. The molecule has 0 aromatic heterocycles. The first-order valence-corrected chi connectivity index (χ1v) is 5.78. The van der Waals surface area contributed by atoms with Crippen LogP contribution in [0.5, 0.6) is 0 Å². The van der Waals surface area contributed by atoms with E-state index >= 15 is 0 Å². The van der Waals surface area contributed by atoms with Crippen LogP contribution in [0.1, 0.15) is 27.2 Å². The lowest BCUT2D eigenvalue weighted by atomic mass is 10.2. The fourth-order valence-corrected chi connectivity index (χ4v) is 2.42. The number of carbonyl (C=O) groups excluding carboxylic acids is 1. The number of fused-ring (bicyclic) bond motifs is 2. The van der Waals surface area contributed by atoms with Gasteiger partial charge in [0.1, 0.15) is 5.60 Å². The van der Waals surface area contributed by atoms with Crippen molar-refractivity contribution in [2.45, 2.75) is 51.0 Å². The van der Waals surface area contributed by atoms with Crippen molar-refractivity contribution in [1.29, 1.82) is 0 Å². The maximum absolute atomic E-state index is 12.0. The number of aliphatic hydroxyl groups excluding tert-OH is 1. The second kappa shape index (κ2) is 3.89. The zero-order valence-electron chi connectivity index (χ0n) is 10.1. The largest absolute Gasteiger partial charge is 0.444 e. The average molecular weight is 228 g/mol. The summed E-state index contributed by atoms with van der Waals surface area (Å²) in [4.78, 5) is 13.7. The minimum absolute atomic E-state index is 0.0728. The van der Waals surface area contributed by atoms with Crippen molar-refractivity contribution in [2.24, 2.45) is 0 Å². The van der Waals surface area contributed by atoms with Gasteiger partial charge in [0.15, 0.2) is 0 Å². The highest BCUT2D eigenvalue weighted by Crippen LogP contribution is 2.28. The van der Waals surface area contributed by atoms with Gasteiger partial charge in [-0.15, -0.1) is 0 Å². The normalized spacial score (nSPS) is 34.0. The Morgan fingerprint density at radius 1 is 1.44 bits per heavy atom. The fraction of sp³-hybridized carbons (Fsp3) is 0.909. The van der Waals surface area contributed by atoms with Gasteiger partial charge in [0.25, 0.3) is 0 Å². The van der Waals surface area contributed by atoms with E-state index < -0.39 is 11.7 Å². The molecule has 0 radical (unpaired) electrons. The molecule has 2 aliphatic heterocycles. The van der Waals surface area contributed by atoms with E-state index in [9.17, 15) is 9.90 Å². The van der Waals surface area contributed by atoms with Crippen LogP contribution in [-0.4, -0.2) is 53.0 Å². The predicted octanol–water partition coefficient (Wildman–Crippen LogP) is 0.328. The number of amides is 1. The molecule has 2 bridgehead atoms. The minimum Gasteiger partial charge on any atom is -0.444 e. The highest BCUT2D eigenvalue weighted by atomic mass is 16.6. The lowest BCUT2D eigenvalue weighted by molar-refractivity contribution is 0.00361. The summed E-state index contributed by atoms with van der Waals surface area (Å²) < 4.78 is 5.35. The van der Waals surface area contributed by atoms with Crippen LogP contribution in [0.25, 0.3) is 0 Å². The molecule has 0 aromatic carbocycles. The molecule has 5 nitrogen and oxygen atoms in total. The molecule has 2 saturated heterocycles. The van der Waals surface area contributed by atoms with Gasteiger partial charge in [0.2, 0.25) is 0 Å². The Morgan fingerprint density at radius 3 is 2.69 bits per heavy atom. The molecule has 2 aliphatic rings. The second-order valence-corrected chi connectivity index (χ2v) is 5.57. The molecule has 2 rings (SSSR count). The van der Waals surface area contributed by atoms with Crippen molar-refractivity contribution in [3.63, 3.8) is 0 Å². The Hall–Kier alpha value is -0.810. The molecule has 92 valence electrons. The standard InChI is InChI=1S/C11H20N2O3/c1-11(2,3)16-10(15)13-7-4-9(14)8(13)6-12-5-7/h7-9,12,14H,4-6H2,1-3H3/t7-,8+,9+/m1/s1. The molecule has 2 fully saturated rings. The summed E-state index contributed by atoms with van der Waals surface area (Å²) in [6.45, 7) is 6.95. The summed E-state index contributed by atoms with van der Waals surface area (Å²) in [7, 11) is 0. The quantitative estimate of drug-likeness (QED) is 0.627. The molecule has 3 atom stereocenters. The second-order valence-electron chi connectivity index (χ2n) is 5.57. The van der Waals surface area contributed by atoms with E-state index in [2.05, 4.69) is 5.32 Å². The average Bonchev–Trinajstić information content (AvgIpc) is 2.31. The third-order valence-corrected chi connectivity index (χ3v) is 3.05. The first kappa shape index (κ1) is 11.7. The Bertz CT molecular complexity index is 287. The molecule has 0 aromatic rings. The summed E-state index contributed by atoms with van der Waals surface area (Å²) in [5.41, 5.74) is -0.480. The predicted molar refractivity (Wildman–Crippen MR) is 59.1 cm³/mol. The van der Waals surface area contributed by atoms with Crippen LogP contribution in [0.4, 0.5) is 4.79 Å². The van der Waals surface area contributed by atoms with Gasteiger partial charge in [0.05, 0.1) is 18.2 Å². The van der Waals surface area contributed by atoms with Crippen molar-refractivity contribution >= 4 is 6.09 Å². The molecule has 16 heavy (non-hydrogen) atoms. The molecule has 0 aliphatic carbocycles. The number of ether oxygens (including phenoxy) is 1. The third-order valence-electron chi connectivity index (χ3n) is 3.05. The van der Waals surface area contributed by atoms with Crippen LogP contribution < -0.4 is 5.32 Å². The Balaban J connectivity index is 2.07. The minimum atomic E-state index is -0.480. The van der Waals surface area contributed by atoms with Gasteiger partial charge in [-0.2, -0.15) is 0 Å². The zero-order chi connectivity index (χ0) is 11.9. The van der Waals surface area contributed by atoms with E-state index in [4.69, 9.17) is 4.74 Å². The van der Waals surface area contributed by atoms with Crippen molar-refractivity contribution in [3.8, 4) is 0 Å². The van der Waals surface area contributed by atoms with E-state index in [0.717, 1.165) is 6.54 Å². The summed E-state index contributed by atoms with van der Waals surface area (Å²) in [6, 6.07) is -0.0581. The smallest absolute Gasteiger partial charge is 0.410 e. The maximum Gasteiger partial charge on any atom is 0.410 e. The number of aliphatic hydroxyl groups is 1. The van der Waals surface area contributed by atoms with Crippen LogP contribution in [0, 0.1) is 0 Å². The van der Waals surface area contributed by atoms with Crippen molar-refractivity contribution in [1.82, 2.24) is 10.2 Å². The molecule has 2 heterocycles. The maximum atomic E-state index is 12.0. The van der Waals surface area contributed by atoms with E-state index in [0.29, 0.717) is 13.0 Å². The zero-order valence-corrected chi connectivity index (χ0v) is 10.1. The Kier molecular flexibility index (Phi) is 2.84. The van der Waals surface area contributed by atoms with Gasteiger partial charge in [-0.25, -0.2) is 4.79 Å². The summed E-state index contributed by atoms with van der Waals surface area (Å²) in [6.07, 6.45) is -0.0789. The number of hydrogen-bond acceptors (Lipinski definition) is 4. The third kappa shape index (κ3) is 2.15. The van der Waals surface area contributed by atoms with Crippen LogP contribution in [0.3, 0.4) is 0 Å². The number of hydrogen-bond donors (Lipinski definition) is 2. The van der Waals surface area contributed by atoms with Gasteiger partial charge in [0, 0.05) is 13.1 Å². The number of carbonyl (C=O) groups is 1. The van der Waals surface area contributed by atoms with Crippen LogP contribution in [0.15, 0.2) is 0 Å². The molecule has 0 spiro atoms. The summed E-state index contributed by atoms with van der Waals surface area (Å²) in [5, 5.41) is 13.0. The molecular weight excluding hydrogens is 208 g/mol. The van der Waals surface area contributed by atoms with Crippen LogP contribution in [-0.2, 0) is 4.74 Å². The molecule has 2 N–H and O–H groups in total. The summed E-state index contributed by atoms with van der Waals surface area (Å²) >= 11 is 0. The molecule has 0 unspecified atom stereocenters. The highest BCUT2D eigenvalue weighted by molar-refractivity contribution is 5.70. The van der Waals surface area contributed by atoms with Gasteiger partial charge in [-0.3, -0.25) is 4.90 Å². The molecule has 1 amide bonds. The van der Waals surface area contributed by atoms with Crippen molar-refractivity contribution < 1.29 is 14.6 Å². The van der Waals surface area contributed by atoms with E-state index in [-0.39, 0.29) is 18.2 Å².